The van der Waals surface area contributed by atoms with Crippen LogP contribution in [0.25, 0.3) is 0 Å². The predicted molar refractivity (Wildman–Crippen MR) is 105 cm³/mol. The number of carbonyl (C=O) groups is 1. The summed E-state index contributed by atoms with van der Waals surface area (Å²) in [6.07, 6.45) is 4.07. The van der Waals surface area contributed by atoms with Crippen LogP contribution in [0.4, 0.5) is 23.0 Å². The molecule has 1 aliphatic heterocycles. The summed E-state index contributed by atoms with van der Waals surface area (Å²) in [7, 11) is 0. The molecule has 7 nitrogen and oxygen atoms in total. The van der Waals surface area contributed by atoms with Crippen molar-refractivity contribution in [1.82, 2.24) is 10.1 Å². The van der Waals surface area contributed by atoms with Gasteiger partial charge >= 0.3 is 0 Å². The summed E-state index contributed by atoms with van der Waals surface area (Å²) in [6, 6.07) is 13.1. The Bertz CT molecular complexity index is 930. The minimum Gasteiger partial charge on any atom is -0.372 e. The molecule has 0 saturated carbocycles. The highest BCUT2D eigenvalue weighted by molar-refractivity contribution is 6.04. The standard InChI is InChI=1S/C20H21N5O2/c1-14-12-19(24-27-14)23-18-13-15(8-9-21-18)20(26)22-16-4-6-17(7-5-16)25-10-2-3-11-25/h4-9,12-13H,2-3,10-11H2,1H3,(H,22,26)(H,21,23,24). The molecule has 0 radical (unpaired) electrons. The maximum atomic E-state index is 12.6. The lowest BCUT2D eigenvalue weighted by molar-refractivity contribution is 0.102. The summed E-state index contributed by atoms with van der Waals surface area (Å²) < 4.78 is 5.02. The molecule has 1 saturated heterocycles. The van der Waals surface area contributed by atoms with Crippen molar-refractivity contribution in [3.63, 3.8) is 0 Å². The van der Waals surface area contributed by atoms with Gasteiger partial charge in [-0.25, -0.2) is 4.98 Å². The summed E-state index contributed by atoms with van der Waals surface area (Å²) in [4.78, 5) is 19.1. The number of aryl methyl sites for hydroxylation is 1. The Kier molecular flexibility index (Phi) is 4.74. The van der Waals surface area contributed by atoms with Gasteiger partial charge in [-0.2, -0.15) is 0 Å². The Balaban J connectivity index is 1.42. The van der Waals surface area contributed by atoms with E-state index in [1.165, 1.54) is 18.5 Å². The summed E-state index contributed by atoms with van der Waals surface area (Å²) in [6.45, 7) is 4.01. The third-order valence-electron chi connectivity index (χ3n) is 4.50. The fourth-order valence-electron chi connectivity index (χ4n) is 3.13. The minimum absolute atomic E-state index is 0.189. The molecule has 0 unspecified atom stereocenters. The lowest BCUT2D eigenvalue weighted by Gasteiger charge is -2.17. The molecule has 1 aromatic carbocycles. The van der Waals surface area contributed by atoms with Crippen LogP contribution >= 0.6 is 0 Å². The molecule has 0 atom stereocenters. The Labute approximate surface area is 157 Å². The molecule has 1 fully saturated rings. The van der Waals surface area contributed by atoms with Crippen LogP contribution in [-0.2, 0) is 0 Å². The molecular weight excluding hydrogens is 342 g/mol. The zero-order chi connectivity index (χ0) is 18.6. The Hall–Kier alpha value is -3.35. The first-order valence-corrected chi connectivity index (χ1v) is 9.00. The van der Waals surface area contributed by atoms with Crippen molar-refractivity contribution in [3.8, 4) is 0 Å². The predicted octanol–water partition coefficient (Wildman–Crippen LogP) is 3.97. The molecule has 2 aromatic heterocycles. The van der Waals surface area contributed by atoms with Crippen molar-refractivity contribution in [2.24, 2.45) is 0 Å². The lowest BCUT2D eigenvalue weighted by atomic mass is 10.2. The normalized spacial score (nSPS) is 13.6. The summed E-state index contributed by atoms with van der Waals surface area (Å²) in [5, 5.41) is 9.81. The van der Waals surface area contributed by atoms with Crippen molar-refractivity contribution in [1.29, 1.82) is 0 Å². The first-order valence-electron chi connectivity index (χ1n) is 9.00. The van der Waals surface area contributed by atoms with E-state index in [4.69, 9.17) is 4.52 Å². The zero-order valence-corrected chi connectivity index (χ0v) is 15.1. The molecule has 0 bridgehead atoms. The minimum atomic E-state index is -0.189. The molecule has 3 heterocycles. The van der Waals surface area contributed by atoms with Crippen LogP contribution in [0.1, 0.15) is 29.0 Å². The van der Waals surface area contributed by atoms with E-state index in [1.807, 2.05) is 31.2 Å². The number of benzene rings is 1. The number of pyridine rings is 1. The van der Waals surface area contributed by atoms with Crippen molar-refractivity contribution < 1.29 is 9.32 Å². The third kappa shape index (κ3) is 4.08. The van der Waals surface area contributed by atoms with E-state index in [1.54, 1.807) is 24.4 Å². The highest BCUT2D eigenvalue weighted by atomic mass is 16.5. The van der Waals surface area contributed by atoms with E-state index in [2.05, 4.69) is 25.7 Å². The zero-order valence-electron chi connectivity index (χ0n) is 15.1. The van der Waals surface area contributed by atoms with E-state index in [0.29, 0.717) is 23.0 Å². The number of nitrogens with zero attached hydrogens (tertiary/aromatic N) is 3. The van der Waals surface area contributed by atoms with Crippen LogP contribution in [0.3, 0.4) is 0 Å². The summed E-state index contributed by atoms with van der Waals surface area (Å²) in [5.74, 6) is 1.59. The van der Waals surface area contributed by atoms with E-state index in [-0.39, 0.29) is 5.91 Å². The molecule has 138 valence electrons. The molecule has 4 rings (SSSR count). The fourth-order valence-corrected chi connectivity index (χ4v) is 3.13. The van der Waals surface area contributed by atoms with Gasteiger partial charge in [0.1, 0.15) is 11.6 Å². The summed E-state index contributed by atoms with van der Waals surface area (Å²) >= 11 is 0. The third-order valence-corrected chi connectivity index (χ3v) is 4.50. The van der Waals surface area contributed by atoms with E-state index < -0.39 is 0 Å². The molecule has 1 amide bonds. The van der Waals surface area contributed by atoms with E-state index in [0.717, 1.165) is 18.8 Å². The van der Waals surface area contributed by atoms with E-state index >= 15 is 0 Å². The lowest BCUT2D eigenvalue weighted by Crippen LogP contribution is -2.17. The van der Waals surface area contributed by atoms with Gasteiger partial charge in [-0.3, -0.25) is 4.79 Å². The summed E-state index contributed by atoms with van der Waals surface area (Å²) in [5.41, 5.74) is 2.47. The van der Waals surface area contributed by atoms with Crippen molar-refractivity contribution >= 4 is 28.9 Å². The van der Waals surface area contributed by atoms with Crippen LogP contribution in [0.5, 0.6) is 0 Å². The molecule has 1 aliphatic rings. The van der Waals surface area contributed by atoms with Crippen LogP contribution in [-0.4, -0.2) is 29.1 Å². The van der Waals surface area contributed by atoms with E-state index in [9.17, 15) is 4.79 Å². The van der Waals surface area contributed by atoms with Crippen molar-refractivity contribution in [3.05, 3.63) is 60.0 Å². The van der Waals surface area contributed by atoms with Crippen LogP contribution in [0.15, 0.2) is 53.2 Å². The molecular formula is C20H21N5O2. The maximum absolute atomic E-state index is 12.6. The Morgan fingerprint density at radius 3 is 2.56 bits per heavy atom. The number of hydrogen-bond donors (Lipinski definition) is 2. The van der Waals surface area contributed by atoms with Gasteiger partial charge in [0, 0.05) is 42.3 Å². The molecule has 3 aromatic rings. The van der Waals surface area contributed by atoms with Gasteiger partial charge < -0.3 is 20.1 Å². The Morgan fingerprint density at radius 1 is 1.07 bits per heavy atom. The number of amides is 1. The molecule has 7 heteroatoms. The number of anilines is 4. The van der Waals surface area contributed by atoms with Gasteiger partial charge in [0.25, 0.3) is 5.91 Å². The number of hydrogen-bond acceptors (Lipinski definition) is 6. The monoisotopic (exact) mass is 363 g/mol. The average Bonchev–Trinajstić information content (AvgIpc) is 3.35. The van der Waals surface area contributed by atoms with Crippen LogP contribution < -0.4 is 15.5 Å². The first-order chi connectivity index (χ1) is 13.2. The highest BCUT2D eigenvalue weighted by Crippen LogP contribution is 2.22. The van der Waals surface area contributed by atoms with Gasteiger partial charge in [0.05, 0.1) is 0 Å². The SMILES string of the molecule is Cc1cc(Nc2cc(C(=O)Nc3ccc(N4CCCC4)cc3)ccn2)no1. The van der Waals surface area contributed by atoms with Crippen molar-refractivity contribution in [2.45, 2.75) is 19.8 Å². The van der Waals surface area contributed by atoms with Crippen LogP contribution in [0.2, 0.25) is 0 Å². The van der Waals surface area contributed by atoms with Gasteiger partial charge in [-0.15, -0.1) is 0 Å². The van der Waals surface area contributed by atoms with Gasteiger partial charge in [-0.1, -0.05) is 5.16 Å². The van der Waals surface area contributed by atoms with Gasteiger partial charge in [-0.05, 0) is 56.2 Å². The molecule has 2 N–H and O–H groups in total. The quantitative estimate of drug-likeness (QED) is 0.713. The second-order valence-electron chi connectivity index (χ2n) is 6.57. The molecule has 0 aliphatic carbocycles. The number of aromatic nitrogens is 2. The Morgan fingerprint density at radius 2 is 1.85 bits per heavy atom. The van der Waals surface area contributed by atoms with Crippen molar-refractivity contribution in [2.75, 3.05) is 28.6 Å². The second kappa shape index (κ2) is 7.49. The maximum Gasteiger partial charge on any atom is 0.255 e. The average molecular weight is 363 g/mol. The first kappa shape index (κ1) is 17.1. The number of rotatable bonds is 5. The number of nitrogens with one attached hydrogen (secondary N) is 2. The number of carbonyl (C=O) groups excluding carboxylic acids is 1. The molecule has 0 spiro atoms. The second-order valence-corrected chi connectivity index (χ2v) is 6.57. The molecule has 27 heavy (non-hydrogen) atoms. The largest absolute Gasteiger partial charge is 0.372 e. The van der Waals surface area contributed by atoms with Gasteiger partial charge in [0.2, 0.25) is 0 Å². The smallest absolute Gasteiger partial charge is 0.255 e. The van der Waals surface area contributed by atoms with Gasteiger partial charge in [0.15, 0.2) is 5.82 Å². The fraction of sp³-hybridized carbons (Fsp3) is 0.250. The van der Waals surface area contributed by atoms with Crippen LogP contribution in [0, 0.1) is 6.92 Å². The highest BCUT2D eigenvalue weighted by Gasteiger charge is 2.13. The topological polar surface area (TPSA) is 83.3 Å².